The third-order valence-electron chi connectivity index (χ3n) is 3.93. The summed E-state index contributed by atoms with van der Waals surface area (Å²) in [5, 5.41) is 0. The van der Waals surface area contributed by atoms with Gasteiger partial charge in [0.15, 0.2) is 0 Å². The molecule has 3 rings (SSSR count). The average Bonchev–Trinajstić information content (AvgIpc) is 2.49. The van der Waals surface area contributed by atoms with Gasteiger partial charge >= 0.3 is 0 Å². The van der Waals surface area contributed by atoms with Crippen LogP contribution in [0.1, 0.15) is 27.0 Å². The van der Waals surface area contributed by atoms with E-state index in [2.05, 4.69) is 6.07 Å². The van der Waals surface area contributed by atoms with Crippen molar-refractivity contribution < 1.29 is 9.18 Å². The molecule has 0 spiro atoms. The molecule has 0 aliphatic carbocycles. The van der Waals surface area contributed by atoms with Crippen molar-refractivity contribution in [2.24, 2.45) is 0 Å². The molecule has 0 fully saturated rings. The van der Waals surface area contributed by atoms with Crippen LogP contribution in [0, 0.1) is 12.7 Å². The summed E-state index contributed by atoms with van der Waals surface area (Å²) in [6, 6.07) is 11.0. The van der Waals surface area contributed by atoms with Crippen molar-refractivity contribution in [2.75, 3.05) is 12.3 Å². The summed E-state index contributed by atoms with van der Waals surface area (Å²) in [7, 11) is 0. The molecule has 1 amide bonds. The lowest BCUT2D eigenvalue weighted by atomic mass is 9.99. The van der Waals surface area contributed by atoms with Crippen LogP contribution in [0.3, 0.4) is 0 Å². The Morgan fingerprint density at radius 2 is 1.95 bits per heavy atom. The maximum Gasteiger partial charge on any atom is 0.257 e. The summed E-state index contributed by atoms with van der Waals surface area (Å²) >= 11 is 0. The molecule has 0 aromatic heterocycles. The van der Waals surface area contributed by atoms with Crippen LogP contribution < -0.4 is 5.73 Å². The minimum Gasteiger partial charge on any atom is -0.399 e. The standard InChI is InChI=1S/C17H17FN2O/c1-11-8-14(19)9-15(16(11)18)17(21)20-7-6-12-4-2-3-5-13(12)10-20/h2-5,8-9H,6-7,10,19H2,1H3. The number of rotatable bonds is 1. The van der Waals surface area contributed by atoms with Gasteiger partial charge in [-0.15, -0.1) is 0 Å². The Labute approximate surface area is 123 Å². The number of hydrogen-bond acceptors (Lipinski definition) is 2. The third-order valence-corrected chi connectivity index (χ3v) is 3.93. The fourth-order valence-corrected chi connectivity index (χ4v) is 2.79. The Balaban J connectivity index is 1.91. The smallest absolute Gasteiger partial charge is 0.257 e. The molecular formula is C17H17FN2O. The van der Waals surface area contributed by atoms with Gasteiger partial charge in [-0.3, -0.25) is 4.79 Å². The normalized spacial score (nSPS) is 13.9. The number of aryl methyl sites for hydroxylation is 1. The van der Waals surface area contributed by atoms with Gasteiger partial charge in [0.2, 0.25) is 0 Å². The summed E-state index contributed by atoms with van der Waals surface area (Å²) in [5.41, 5.74) is 8.99. The molecule has 1 heterocycles. The maximum atomic E-state index is 14.2. The van der Waals surface area contributed by atoms with E-state index in [9.17, 15) is 9.18 Å². The van der Waals surface area contributed by atoms with Crippen molar-refractivity contribution in [2.45, 2.75) is 19.9 Å². The van der Waals surface area contributed by atoms with E-state index < -0.39 is 5.82 Å². The zero-order valence-corrected chi connectivity index (χ0v) is 11.9. The monoisotopic (exact) mass is 284 g/mol. The van der Waals surface area contributed by atoms with Gasteiger partial charge in [0.1, 0.15) is 5.82 Å². The van der Waals surface area contributed by atoms with Crippen LogP contribution in [-0.4, -0.2) is 17.4 Å². The minimum absolute atomic E-state index is 0.0619. The van der Waals surface area contributed by atoms with E-state index >= 15 is 0 Å². The van der Waals surface area contributed by atoms with Crippen molar-refractivity contribution in [3.05, 3.63) is 64.5 Å². The molecule has 1 aliphatic heterocycles. The van der Waals surface area contributed by atoms with Crippen LogP contribution in [0.4, 0.5) is 10.1 Å². The molecule has 0 bridgehead atoms. The number of hydrogen-bond donors (Lipinski definition) is 1. The molecule has 0 saturated carbocycles. The number of benzene rings is 2. The summed E-state index contributed by atoms with van der Waals surface area (Å²) in [6.07, 6.45) is 0.796. The van der Waals surface area contributed by atoms with Gasteiger partial charge in [-0.2, -0.15) is 0 Å². The molecule has 2 aromatic rings. The highest BCUT2D eigenvalue weighted by Crippen LogP contribution is 2.23. The molecule has 2 aromatic carbocycles. The SMILES string of the molecule is Cc1cc(N)cc(C(=O)N2CCc3ccccc3C2)c1F. The van der Waals surface area contributed by atoms with E-state index in [-0.39, 0.29) is 11.5 Å². The Bertz CT molecular complexity index is 712. The Hall–Kier alpha value is -2.36. The third kappa shape index (κ3) is 2.49. The Morgan fingerprint density at radius 3 is 2.71 bits per heavy atom. The molecule has 1 aliphatic rings. The van der Waals surface area contributed by atoms with E-state index in [1.165, 1.54) is 17.7 Å². The maximum absolute atomic E-state index is 14.2. The van der Waals surface area contributed by atoms with Crippen LogP contribution in [0.15, 0.2) is 36.4 Å². The second-order valence-corrected chi connectivity index (χ2v) is 5.44. The first kappa shape index (κ1) is 13.6. The van der Waals surface area contributed by atoms with Gasteiger partial charge in [0, 0.05) is 18.8 Å². The number of nitrogens with zero attached hydrogens (tertiary/aromatic N) is 1. The molecule has 0 atom stereocenters. The lowest BCUT2D eigenvalue weighted by Crippen LogP contribution is -2.36. The number of carbonyl (C=O) groups excluding carboxylic acids is 1. The first-order chi connectivity index (χ1) is 10.1. The number of nitrogens with two attached hydrogens (primary N) is 1. The quantitative estimate of drug-likeness (QED) is 0.818. The van der Waals surface area contributed by atoms with Crippen LogP contribution in [0.2, 0.25) is 0 Å². The molecule has 4 heteroatoms. The summed E-state index contributed by atoms with van der Waals surface area (Å²) in [4.78, 5) is 14.2. The van der Waals surface area contributed by atoms with Crippen molar-refractivity contribution in [1.29, 1.82) is 0 Å². The van der Waals surface area contributed by atoms with Crippen LogP contribution in [-0.2, 0) is 13.0 Å². The van der Waals surface area contributed by atoms with E-state index in [4.69, 9.17) is 5.73 Å². The zero-order chi connectivity index (χ0) is 15.0. The lowest BCUT2D eigenvalue weighted by molar-refractivity contribution is 0.0730. The molecular weight excluding hydrogens is 267 g/mol. The van der Waals surface area contributed by atoms with Gasteiger partial charge in [-0.05, 0) is 42.2 Å². The number of halogens is 1. The van der Waals surface area contributed by atoms with Crippen LogP contribution >= 0.6 is 0 Å². The van der Waals surface area contributed by atoms with Gasteiger partial charge in [0.25, 0.3) is 5.91 Å². The number of carbonyl (C=O) groups is 1. The van der Waals surface area contributed by atoms with Gasteiger partial charge in [0.05, 0.1) is 5.56 Å². The molecule has 0 unspecified atom stereocenters. The number of anilines is 1. The van der Waals surface area contributed by atoms with Crippen molar-refractivity contribution >= 4 is 11.6 Å². The fraction of sp³-hybridized carbons (Fsp3) is 0.235. The molecule has 0 saturated heterocycles. The largest absolute Gasteiger partial charge is 0.399 e. The van der Waals surface area contributed by atoms with Crippen LogP contribution in [0.25, 0.3) is 0 Å². The number of nitrogen functional groups attached to an aromatic ring is 1. The van der Waals surface area contributed by atoms with Gasteiger partial charge in [-0.1, -0.05) is 24.3 Å². The predicted octanol–water partition coefficient (Wildman–Crippen LogP) is 2.91. The van der Waals surface area contributed by atoms with E-state index in [0.717, 1.165) is 12.0 Å². The van der Waals surface area contributed by atoms with Crippen molar-refractivity contribution in [3.8, 4) is 0 Å². The molecule has 0 radical (unpaired) electrons. The average molecular weight is 284 g/mol. The number of fused-ring (bicyclic) bond motifs is 1. The van der Waals surface area contributed by atoms with E-state index in [0.29, 0.717) is 24.3 Å². The summed E-state index contributed by atoms with van der Waals surface area (Å²) in [6.45, 7) is 2.74. The van der Waals surface area contributed by atoms with Gasteiger partial charge in [-0.25, -0.2) is 4.39 Å². The summed E-state index contributed by atoms with van der Waals surface area (Å²) in [5.74, 6) is -0.773. The molecule has 3 nitrogen and oxygen atoms in total. The molecule has 108 valence electrons. The topological polar surface area (TPSA) is 46.3 Å². The highest BCUT2D eigenvalue weighted by Gasteiger charge is 2.24. The predicted molar refractivity (Wildman–Crippen MR) is 80.4 cm³/mol. The van der Waals surface area contributed by atoms with E-state index in [1.807, 2.05) is 18.2 Å². The Morgan fingerprint density at radius 1 is 1.24 bits per heavy atom. The zero-order valence-electron chi connectivity index (χ0n) is 11.9. The number of amides is 1. The van der Waals surface area contributed by atoms with Crippen molar-refractivity contribution in [3.63, 3.8) is 0 Å². The summed E-state index contributed by atoms with van der Waals surface area (Å²) < 4.78 is 14.2. The van der Waals surface area contributed by atoms with E-state index in [1.54, 1.807) is 11.8 Å². The second-order valence-electron chi connectivity index (χ2n) is 5.44. The first-order valence-electron chi connectivity index (χ1n) is 6.98. The lowest BCUT2D eigenvalue weighted by Gasteiger charge is -2.29. The van der Waals surface area contributed by atoms with Crippen molar-refractivity contribution in [1.82, 2.24) is 4.90 Å². The fourth-order valence-electron chi connectivity index (χ4n) is 2.79. The first-order valence-corrected chi connectivity index (χ1v) is 6.98. The van der Waals surface area contributed by atoms with Gasteiger partial charge < -0.3 is 10.6 Å². The highest BCUT2D eigenvalue weighted by atomic mass is 19.1. The second kappa shape index (κ2) is 5.20. The molecule has 2 N–H and O–H groups in total. The highest BCUT2D eigenvalue weighted by molar-refractivity contribution is 5.95. The molecule has 21 heavy (non-hydrogen) atoms. The van der Waals surface area contributed by atoms with Crippen LogP contribution in [0.5, 0.6) is 0 Å². The minimum atomic E-state index is -0.479. The Kier molecular flexibility index (Phi) is 3.37.